The molecule has 1 aromatic heterocycles. The third kappa shape index (κ3) is 2.40. The number of nitrogens with two attached hydrogens (primary N) is 1. The van der Waals surface area contributed by atoms with Crippen LogP contribution in [0.3, 0.4) is 0 Å². The van der Waals surface area contributed by atoms with Crippen molar-refractivity contribution in [2.45, 2.75) is 37.6 Å². The zero-order valence-electron chi connectivity index (χ0n) is 10.5. The molecule has 2 heterocycles. The first-order valence-electron chi connectivity index (χ1n) is 6.56. The molecule has 0 aromatic carbocycles. The van der Waals surface area contributed by atoms with E-state index in [0.717, 1.165) is 25.0 Å². The summed E-state index contributed by atoms with van der Waals surface area (Å²) in [6.07, 6.45) is 3.47. The first-order valence-corrected chi connectivity index (χ1v) is 6.56. The van der Waals surface area contributed by atoms with E-state index < -0.39 is 0 Å². The Morgan fingerprint density at radius 2 is 2.21 bits per heavy atom. The topological polar surface area (TPSA) is 113 Å². The number of nitrogens with one attached hydrogen (secondary N) is 3. The molecule has 0 spiro atoms. The van der Waals surface area contributed by atoms with Gasteiger partial charge in [-0.25, -0.2) is 0 Å². The fourth-order valence-electron chi connectivity index (χ4n) is 2.35. The highest BCUT2D eigenvalue weighted by Gasteiger charge is 2.30. The fourth-order valence-corrected chi connectivity index (χ4v) is 2.35. The Morgan fingerprint density at radius 3 is 2.84 bits per heavy atom. The molecule has 7 heteroatoms. The van der Waals surface area contributed by atoms with Crippen LogP contribution in [0.5, 0.6) is 0 Å². The van der Waals surface area contributed by atoms with E-state index in [1.807, 2.05) is 0 Å². The molecule has 0 radical (unpaired) electrons. The molecule has 1 aliphatic carbocycles. The van der Waals surface area contributed by atoms with Gasteiger partial charge in [0.2, 0.25) is 5.91 Å². The SMILES string of the molecule is Nc1c(C(=O)NCC2CCC(=O)N2)n[nH]c1C1CC1. The summed E-state index contributed by atoms with van der Waals surface area (Å²) >= 11 is 0. The maximum atomic E-state index is 12.0. The molecule has 2 amide bonds. The van der Waals surface area contributed by atoms with Gasteiger partial charge in [-0.3, -0.25) is 14.7 Å². The normalized spacial score (nSPS) is 22.3. The molecule has 0 bridgehead atoms. The summed E-state index contributed by atoms with van der Waals surface area (Å²) in [5.74, 6) is 0.180. The number of aromatic nitrogens is 2. The smallest absolute Gasteiger partial charge is 0.274 e. The van der Waals surface area contributed by atoms with E-state index in [4.69, 9.17) is 5.73 Å². The Labute approximate surface area is 110 Å². The van der Waals surface area contributed by atoms with Crippen molar-refractivity contribution in [3.63, 3.8) is 0 Å². The lowest BCUT2D eigenvalue weighted by atomic mass is 10.2. The van der Waals surface area contributed by atoms with Gasteiger partial charge < -0.3 is 16.4 Å². The highest BCUT2D eigenvalue weighted by molar-refractivity contribution is 5.97. The van der Waals surface area contributed by atoms with Crippen LogP contribution in [0.2, 0.25) is 0 Å². The summed E-state index contributed by atoms with van der Waals surface area (Å²) in [6.45, 7) is 0.412. The highest BCUT2D eigenvalue weighted by Crippen LogP contribution is 2.42. The van der Waals surface area contributed by atoms with Gasteiger partial charge in [0.1, 0.15) is 0 Å². The van der Waals surface area contributed by atoms with Gasteiger partial charge in [0.25, 0.3) is 5.91 Å². The van der Waals surface area contributed by atoms with Gasteiger partial charge >= 0.3 is 0 Å². The third-order valence-electron chi connectivity index (χ3n) is 3.63. The average molecular weight is 263 g/mol. The van der Waals surface area contributed by atoms with Crippen LogP contribution in [0.25, 0.3) is 0 Å². The summed E-state index contributed by atoms with van der Waals surface area (Å²) < 4.78 is 0. The number of anilines is 1. The first-order chi connectivity index (χ1) is 9.15. The molecule has 2 aliphatic rings. The maximum Gasteiger partial charge on any atom is 0.274 e. The van der Waals surface area contributed by atoms with Crippen molar-refractivity contribution in [3.05, 3.63) is 11.4 Å². The maximum absolute atomic E-state index is 12.0. The number of nitrogen functional groups attached to an aromatic ring is 1. The Hall–Kier alpha value is -2.05. The number of carbonyl (C=O) groups is 2. The minimum atomic E-state index is -0.290. The molecule has 1 saturated carbocycles. The molecular formula is C12H17N5O2. The molecule has 1 atom stereocenters. The van der Waals surface area contributed by atoms with Gasteiger partial charge in [0, 0.05) is 24.9 Å². The minimum absolute atomic E-state index is 0.0134. The standard InChI is InChI=1S/C12H17N5O2/c13-9-10(6-1-2-6)16-17-11(9)12(19)14-5-7-3-4-8(18)15-7/h6-7H,1-5,13H2,(H,14,19)(H,15,18)(H,16,17). The van der Waals surface area contributed by atoms with Crippen LogP contribution < -0.4 is 16.4 Å². The van der Waals surface area contributed by atoms with Crippen molar-refractivity contribution in [1.82, 2.24) is 20.8 Å². The monoisotopic (exact) mass is 263 g/mol. The van der Waals surface area contributed by atoms with Crippen LogP contribution >= 0.6 is 0 Å². The van der Waals surface area contributed by atoms with E-state index in [1.54, 1.807) is 0 Å². The highest BCUT2D eigenvalue weighted by atomic mass is 16.2. The van der Waals surface area contributed by atoms with E-state index >= 15 is 0 Å². The number of H-pyrrole nitrogens is 1. The molecule has 3 rings (SSSR count). The van der Waals surface area contributed by atoms with E-state index in [2.05, 4.69) is 20.8 Å². The van der Waals surface area contributed by atoms with Crippen LogP contribution in [-0.4, -0.2) is 34.6 Å². The van der Waals surface area contributed by atoms with E-state index in [9.17, 15) is 9.59 Å². The molecule has 102 valence electrons. The summed E-state index contributed by atoms with van der Waals surface area (Å²) in [5.41, 5.74) is 7.51. The Balaban J connectivity index is 1.59. The fraction of sp³-hybridized carbons (Fsp3) is 0.583. The second-order valence-corrected chi connectivity index (χ2v) is 5.19. The lowest BCUT2D eigenvalue weighted by molar-refractivity contribution is -0.119. The van der Waals surface area contributed by atoms with Gasteiger partial charge in [-0.05, 0) is 19.3 Å². The lowest BCUT2D eigenvalue weighted by Gasteiger charge is -2.10. The number of hydrogen-bond donors (Lipinski definition) is 4. The first kappa shape index (κ1) is 12.0. The number of rotatable bonds is 4. The zero-order chi connectivity index (χ0) is 13.4. The minimum Gasteiger partial charge on any atom is -0.395 e. The number of carbonyl (C=O) groups excluding carboxylic acids is 2. The Kier molecular flexibility index (Phi) is 2.88. The van der Waals surface area contributed by atoms with Gasteiger partial charge in [-0.15, -0.1) is 0 Å². The molecule has 19 heavy (non-hydrogen) atoms. The van der Waals surface area contributed by atoms with Crippen molar-refractivity contribution in [3.8, 4) is 0 Å². The largest absolute Gasteiger partial charge is 0.395 e. The summed E-state index contributed by atoms with van der Waals surface area (Å²) in [4.78, 5) is 23.0. The second-order valence-electron chi connectivity index (χ2n) is 5.19. The summed E-state index contributed by atoms with van der Waals surface area (Å²) in [5, 5.41) is 12.4. The third-order valence-corrected chi connectivity index (χ3v) is 3.63. The predicted molar refractivity (Wildman–Crippen MR) is 68.5 cm³/mol. The molecule has 1 saturated heterocycles. The number of hydrogen-bond acceptors (Lipinski definition) is 4. The molecular weight excluding hydrogens is 246 g/mol. The van der Waals surface area contributed by atoms with Crippen LogP contribution in [-0.2, 0) is 4.79 Å². The lowest BCUT2D eigenvalue weighted by Crippen LogP contribution is -2.38. The van der Waals surface area contributed by atoms with Crippen LogP contribution in [0.1, 0.15) is 47.8 Å². The summed E-state index contributed by atoms with van der Waals surface area (Å²) in [7, 11) is 0. The van der Waals surface area contributed by atoms with Crippen LogP contribution in [0, 0.1) is 0 Å². The van der Waals surface area contributed by atoms with E-state index in [1.165, 1.54) is 0 Å². The second kappa shape index (κ2) is 4.56. The quantitative estimate of drug-likeness (QED) is 0.606. The molecule has 1 unspecified atom stereocenters. The van der Waals surface area contributed by atoms with Crippen molar-refractivity contribution < 1.29 is 9.59 Å². The Morgan fingerprint density at radius 1 is 1.42 bits per heavy atom. The van der Waals surface area contributed by atoms with Gasteiger partial charge in [-0.2, -0.15) is 5.10 Å². The average Bonchev–Trinajstić information content (AvgIpc) is 3.03. The molecule has 1 aromatic rings. The summed E-state index contributed by atoms with van der Waals surface area (Å²) in [6, 6.07) is 0.0134. The predicted octanol–water partition coefficient (Wildman–Crippen LogP) is -0.122. The van der Waals surface area contributed by atoms with Gasteiger partial charge in [0.05, 0.1) is 11.4 Å². The molecule has 2 fully saturated rings. The van der Waals surface area contributed by atoms with Crippen LogP contribution in [0.15, 0.2) is 0 Å². The zero-order valence-corrected chi connectivity index (χ0v) is 10.5. The van der Waals surface area contributed by atoms with Crippen molar-refractivity contribution in [1.29, 1.82) is 0 Å². The number of nitrogens with zero attached hydrogens (tertiary/aromatic N) is 1. The van der Waals surface area contributed by atoms with Crippen molar-refractivity contribution in [2.24, 2.45) is 0 Å². The van der Waals surface area contributed by atoms with Crippen LogP contribution in [0.4, 0.5) is 5.69 Å². The molecule has 5 N–H and O–H groups in total. The number of amides is 2. The van der Waals surface area contributed by atoms with Crippen molar-refractivity contribution >= 4 is 17.5 Å². The number of aromatic amines is 1. The molecule has 1 aliphatic heterocycles. The van der Waals surface area contributed by atoms with Gasteiger partial charge in [0.15, 0.2) is 5.69 Å². The van der Waals surface area contributed by atoms with Crippen molar-refractivity contribution in [2.75, 3.05) is 12.3 Å². The van der Waals surface area contributed by atoms with E-state index in [0.29, 0.717) is 24.6 Å². The van der Waals surface area contributed by atoms with Gasteiger partial charge in [-0.1, -0.05) is 0 Å². The molecule has 7 nitrogen and oxygen atoms in total. The van der Waals surface area contributed by atoms with E-state index in [-0.39, 0.29) is 23.6 Å². The Bertz CT molecular complexity index is 520.